The fraction of sp³-hybridized carbons (Fsp3) is 0.111. The van der Waals surface area contributed by atoms with Crippen LogP contribution in [0.1, 0.15) is 21.6 Å². The average Bonchev–Trinajstić information content (AvgIpc) is 2.27. The van der Waals surface area contributed by atoms with Gasteiger partial charge in [0.05, 0.1) is 5.70 Å². The molecule has 0 atom stereocenters. The highest BCUT2D eigenvalue weighted by Gasteiger charge is 2.13. The largest absolute Gasteiger partial charge is 0.325 e. The summed E-state index contributed by atoms with van der Waals surface area (Å²) in [4.78, 5) is 25.2. The van der Waals surface area contributed by atoms with Gasteiger partial charge in [-0.25, -0.2) is 5.84 Å². The monoisotopic (exact) mass is 223 g/mol. The van der Waals surface area contributed by atoms with E-state index in [0.717, 1.165) is 0 Å². The molecule has 0 saturated heterocycles. The highest BCUT2D eigenvalue weighted by Crippen LogP contribution is 2.11. The van der Waals surface area contributed by atoms with Crippen molar-refractivity contribution in [3.05, 3.63) is 39.8 Å². The van der Waals surface area contributed by atoms with Crippen LogP contribution in [0.2, 0.25) is 0 Å². The molecule has 7 heteroatoms. The minimum atomic E-state index is -0.674. The molecule has 1 heterocycles. The van der Waals surface area contributed by atoms with E-state index < -0.39 is 11.5 Å². The Bertz CT molecular complexity index is 491. The van der Waals surface area contributed by atoms with Gasteiger partial charge in [-0.2, -0.15) is 0 Å². The SMILES string of the molecule is C=C(NN)c1cc(C(=O)NN)c(=O)[nH]c1C. The van der Waals surface area contributed by atoms with Crippen LogP contribution in [0.5, 0.6) is 0 Å². The van der Waals surface area contributed by atoms with E-state index in [1.807, 2.05) is 5.43 Å². The smallest absolute Gasteiger partial charge is 0.270 e. The second-order valence-corrected chi connectivity index (χ2v) is 3.15. The van der Waals surface area contributed by atoms with E-state index in [-0.39, 0.29) is 5.56 Å². The fourth-order valence-corrected chi connectivity index (χ4v) is 1.26. The van der Waals surface area contributed by atoms with Crippen LogP contribution < -0.4 is 28.1 Å². The minimum absolute atomic E-state index is 0.0977. The summed E-state index contributed by atoms with van der Waals surface area (Å²) in [5.41, 5.74) is 5.10. The summed E-state index contributed by atoms with van der Waals surface area (Å²) in [6, 6.07) is 1.37. The van der Waals surface area contributed by atoms with Gasteiger partial charge in [-0.15, -0.1) is 0 Å². The number of nitrogen functional groups attached to an aromatic ring is 1. The van der Waals surface area contributed by atoms with Crippen molar-refractivity contribution in [3.8, 4) is 0 Å². The van der Waals surface area contributed by atoms with Crippen LogP contribution in [0, 0.1) is 6.92 Å². The highest BCUT2D eigenvalue weighted by molar-refractivity contribution is 5.94. The average molecular weight is 223 g/mol. The third kappa shape index (κ3) is 2.10. The summed E-state index contributed by atoms with van der Waals surface area (Å²) < 4.78 is 0. The summed E-state index contributed by atoms with van der Waals surface area (Å²) in [6.07, 6.45) is 0. The molecule has 7 N–H and O–H groups in total. The van der Waals surface area contributed by atoms with E-state index in [9.17, 15) is 9.59 Å². The van der Waals surface area contributed by atoms with E-state index in [2.05, 4.69) is 17.0 Å². The first kappa shape index (κ1) is 12.0. The van der Waals surface area contributed by atoms with Crippen LogP contribution in [-0.4, -0.2) is 10.9 Å². The summed E-state index contributed by atoms with van der Waals surface area (Å²) in [5, 5.41) is 0. The molecule has 0 aliphatic rings. The number of aryl methyl sites for hydroxylation is 1. The summed E-state index contributed by atoms with van der Waals surface area (Å²) >= 11 is 0. The molecular formula is C9H13N5O2. The molecule has 16 heavy (non-hydrogen) atoms. The summed E-state index contributed by atoms with van der Waals surface area (Å²) in [7, 11) is 0. The van der Waals surface area contributed by atoms with Gasteiger partial charge in [-0.1, -0.05) is 6.58 Å². The van der Waals surface area contributed by atoms with Crippen LogP contribution in [0.15, 0.2) is 17.4 Å². The number of hydrogen-bond donors (Lipinski definition) is 5. The summed E-state index contributed by atoms with van der Waals surface area (Å²) in [6.45, 7) is 5.31. The first-order valence-corrected chi connectivity index (χ1v) is 4.42. The van der Waals surface area contributed by atoms with Gasteiger partial charge in [0.15, 0.2) is 0 Å². The zero-order valence-corrected chi connectivity index (χ0v) is 8.76. The number of hydrogen-bond acceptors (Lipinski definition) is 5. The second kappa shape index (κ2) is 4.60. The number of nitrogens with one attached hydrogen (secondary N) is 3. The fourth-order valence-electron chi connectivity index (χ4n) is 1.26. The number of aromatic amines is 1. The van der Waals surface area contributed by atoms with Crippen molar-refractivity contribution in [2.24, 2.45) is 11.7 Å². The third-order valence-corrected chi connectivity index (χ3v) is 2.11. The van der Waals surface area contributed by atoms with Gasteiger partial charge in [0, 0.05) is 11.3 Å². The van der Waals surface area contributed by atoms with Crippen LogP contribution in [-0.2, 0) is 0 Å². The van der Waals surface area contributed by atoms with E-state index in [4.69, 9.17) is 11.7 Å². The Morgan fingerprint density at radius 1 is 1.38 bits per heavy atom. The van der Waals surface area contributed by atoms with Crippen molar-refractivity contribution in [2.75, 3.05) is 0 Å². The first-order valence-electron chi connectivity index (χ1n) is 4.42. The van der Waals surface area contributed by atoms with Gasteiger partial charge in [-0.05, 0) is 13.0 Å². The van der Waals surface area contributed by atoms with Crippen molar-refractivity contribution in [1.82, 2.24) is 15.8 Å². The van der Waals surface area contributed by atoms with Crippen LogP contribution >= 0.6 is 0 Å². The van der Waals surface area contributed by atoms with Crippen molar-refractivity contribution < 1.29 is 4.79 Å². The lowest BCUT2D eigenvalue weighted by molar-refractivity contribution is 0.0952. The molecule has 1 rings (SSSR count). The molecule has 1 aromatic rings. The topological polar surface area (TPSA) is 126 Å². The van der Waals surface area contributed by atoms with Gasteiger partial charge >= 0.3 is 0 Å². The molecule has 0 bridgehead atoms. The van der Waals surface area contributed by atoms with Crippen molar-refractivity contribution in [1.29, 1.82) is 0 Å². The number of rotatable bonds is 3. The number of amides is 1. The minimum Gasteiger partial charge on any atom is -0.325 e. The van der Waals surface area contributed by atoms with Crippen LogP contribution in [0.3, 0.4) is 0 Å². The lowest BCUT2D eigenvalue weighted by Gasteiger charge is -2.09. The molecule has 0 spiro atoms. The van der Waals surface area contributed by atoms with Gasteiger partial charge in [-0.3, -0.25) is 20.9 Å². The predicted molar refractivity (Wildman–Crippen MR) is 59.8 cm³/mol. The lowest BCUT2D eigenvalue weighted by atomic mass is 10.1. The Morgan fingerprint density at radius 2 is 2.00 bits per heavy atom. The Labute approximate surface area is 91.5 Å². The van der Waals surface area contributed by atoms with Crippen molar-refractivity contribution >= 4 is 11.6 Å². The number of hydrazine groups is 2. The Hall–Kier alpha value is -2.12. The van der Waals surface area contributed by atoms with Gasteiger partial charge < -0.3 is 10.4 Å². The lowest BCUT2D eigenvalue weighted by Crippen LogP contribution is -2.35. The molecule has 0 unspecified atom stereocenters. The number of carbonyl (C=O) groups excluding carboxylic acids is 1. The zero-order chi connectivity index (χ0) is 12.3. The molecule has 0 aliphatic carbocycles. The molecule has 1 aromatic heterocycles. The van der Waals surface area contributed by atoms with E-state index in [1.165, 1.54) is 6.07 Å². The molecule has 86 valence electrons. The standard InChI is InChI=1S/C9H13N5O2/c1-4-6(5(2)13-10)3-7(8(15)12-4)9(16)14-11/h3,13H,2,10-11H2,1H3,(H,12,15)(H,14,16). The molecule has 0 aliphatic heterocycles. The second-order valence-electron chi connectivity index (χ2n) is 3.15. The maximum Gasteiger partial charge on any atom is 0.270 e. The van der Waals surface area contributed by atoms with Crippen LogP contribution in [0.25, 0.3) is 5.70 Å². The van der Waals surface area contributed by atoms with Gasteiger partial charge in [0.25, 0.3) is 11.5 Å². The maximum atomic E-state index is 11.5. The Kier molecular flexibility index (Phi) is 3.44. The molecule has 0 saturated carbocycles. The normalized spacial score (nSPS) is 9.69. The quantitative estimate of drug-likeness (QED) is 0.248. The number of nitrogens with two attached hydrogens (primary N) is 2. The van der Waals surface area contributed by atoms with Crippen molar-refractivity contribution in [2.45, 2.75) is 6.92 Å². The number of aromatic nitrogens is 1. The molecular weight excluding hydrogens is 210 g/mol. The molecule has 0 aromatic carbocycles. The van der Waals surface area contributed by atoms with Gasteiger partial charge in [0.1, 0.15) is 5.56 Å². The number of H-pyrrole nitrogens is 1. The Morgan fingerprint density at radius 3 is 2.50 bits per heavy atom. The highest BCUT2D eigenvalue weighted by atomic mass is 16.2. The summed E-state index contributed by atoms with van der Waals surface area (Å²) in [5.74, 6) is 9.48. The predicted octanol–water partition coefficient (Wildman–Crippen LogP) is -1.28. The van der Waals surface area contributed by atoms with Gasteiger partial charge in [0.2, 0.25) is 0 Å². The molecule has 0 radical (unpaired) electrons. The maximum absolute atomic E-state index is 11.5. The third-order valence-electron chi connectivity index (χ3n) is 2.11. The Balaban J connectivity index is 3.38. The number of pyridine rings is 1. The van der Waals surface area contributed by atoms with E-state index in [1.54, 1.807) is 6.92 Å². The molecule has 0 fully saturated rings. The van der Waals surface area contributed by atoms with Crippen molar-refractivity contribution in [3.63, 3.8) is 0 Å². The molecule has 7 nitrogen and oxygen atoms in total. The first-order chi connectivity index (χ1) is 7.51. The zero-order valence-electron chi connectivity index (χ0n) is 8.76. The molecule has 1 amide bonds. The van der Waals surface area contributed by atoms with E-state index >= 15 is 0 Å². The number of carbonyl (C=O) groups is 1. The van der Waals surface area contributed by atoms with E-state index in [0.29, 0.717) is 17.0 Å². The van der Waals surface area contributed by atoms with Crippen LogP contribution in [0.4, 0.5) is 0 Å².